The van der Waals surface area contributed by atoms with Gasteiger partial charge in [0.05, 0.1) is 33.0 Å². The van der Waals surface area contributed by atoms with E-state index in [2.05, 4.69) is 15.9 Å². The van der Waals surface area contributed by atoms with E-state index < -0.39 is 16.6 Å². The molecule has 106 valence electrons. The predicted octanol–water partition coefficient (Wildman–Crippen LogP) is 3.49. The van der Waals surface area contributed by atoms with E-state index in [-0.39, 0.29) is 10.6 Å². The third kappa shape index (κ3) is 3.37. The Bertz CT molecular complexity index is 664. The maximum atomic E-state index is 13.7. The number of hydrogen-bond acceptors (Lipinski definition) is 3. The first-order valence-electron chi connectivity index (χ1n) is 5.77. The van der Waals surface area contributed by atoms with Gasteiger partial charge in [0.2, 0.25) is 0 Å². The van der Waals surface area contributed by atoms with Crippen LogP contribution in [0.2, 0.25) is 0 Å². The number of halogens is 2. The molecule has 2 aromatic rings. The van der Waals surface area contributed by atoms with Gasteiger partial charge in [0.1, 0.15) is 11.6 Å². The van der Waals surface area contributed by atoms with Crippen LogP contribution in [0.3, 0.4) is 0 Å². The second-order valence-corrected chi connectivity index (χ2v) is 6.42. The number of hydrogen-bond donors (Lipinski definition) is 1. The molecule has 0 fully saturated rings. The van der Waals surface area contributed by atoms with Crippen LogP contribution in [0.1, 0.15) is 5.56 Å². The number of ether oxygens (including phenoxy) is 1. The van der Waals surface area contributed by atoms with E-state index in [4.69, 9.17) is 10.5 Å². The Hall–Kier alpha value is -1.40. The lowest BCUT2D eigenvalue weighted by molar-refractivity contribution is 0.412. The van der Waals surface area contributed by atoms with Crippen LogP contribution in [0, 0.1) is 5.82 Å². The average Bonchev–Trinajstić information content (AvgIpc) is 2.38. The first-order chi connectivity index (χ1) is 9.51. The number of nitrogen functional groups attached to an aromatic ring is 1. The number of rotatable bonds is 4. The van der Waals surface area contributed by atoms with Crippen molar-refractivity contribution in [3.05, 3.63) is 52.3 Å². The van der Waals surface area contributed by atoms with Gasteiger partial charge in [-0.3, -0.25) is 4.21 Å². The van der Waals surface area contributed by atoms with Gasteiger partial charge in [0.15, 0.2) is 0 Å². The van der Waals surface area contributed by atoms with Crippen molar-refractivity contribution >= 4 is 32.4 Å². The average molecular weight is 358 g/mol. The molecule has 20 heavy (non-hydrogen) atoms. The van der Waals surface area contributed by atoms with Gasteiger partial charge in [-0.05, 0) is 51.8 Å². The molecule has 2 aromatic carbocycles. The van der Waals surface area contributed by atoms with Gasteiger partial charge in [-0.25, -0.2) is 4.39 Å². The van der Waals surface area contributed by atoms with Gasteiger partial charge >= 0.3 is 0 Å². The monoisotopic (exact) mass is 357 g/mol. The summed E-state index contributed by atoms with van der Waals surface area (Å²) < 4.78 is 31.8. The van der Waals surface area contributed by atoms with Crippen molar-refractivity contribution in [1.82, 2.24) is 0 Å². The first kappa shape index (κ1) is 15.0. The normalized spacial score (nSPS) is 12.2. The summed E-state index contributed by atoms with van der Waals surface area (Å²) in [4.78, 5) is 0.158. The molecule has 0 saturated carbocycles. The zero-order valence-corrected chi connectivity index (χ0v) is 13.1. The largest absolute Gasteiger partial charge is 0.496 e. The lowest BCUT2D eigenvalue weighted by Crippen LogP contribution is -2.00. The number of nitrogens with two attached hydrogens (primary N) is 1. The molecular weight excluding hydrogens is 345 g/mol. The van der Waals surface area contributed by atoms with Gasteiger partial charge in [0, 0.05) is 5.69 Å². The van der Waals surface area contributed by atoms with Gasteiger partial charge in [-0.15, -0.1) is 0 Å². The Labute approximate surface area is 127 Å². The lowest BCUT2D eigenvalue weighted by atomic mass is 10.2. The van der Waals surface area contributed by atoms with Crippen LogP contribution in [0.25, 0.3) is 0 Å². The fourth-order valence-electron chi connectivity index (χ4n) is 1.73. The highest BCUT2D eigenvalue weighted by atomic mass is 79.9. The molecule has 0 aromatic heterocycles. The molecule has 0 aliphatic rings. The summed E-state index contributed by atoms with van der Waals surface area (Å²) in [5, 5.41) is 0. The van der Waals surface area contributed by atoms with E-state index in [1.807, 2.05) is 6.07 Å². The van der Waals surface area contributed by atoms with Gasteiger partial charge in [-0.2, -0.15) is 0 Å². The third-order valence-corrected chi connectivity index (χ3v) is 4.75. The Kier molecular flexibility index (Phi) is 4.77. The van der Waals surface area contributed by atoms with Crippen LogP contribution in [-0.4, -0.2) is 11.3 Å². The van der Waals surface area contributed by atoms with Crippen LogP contribution in [0.5, 0.6) is 5.75 Å². The molecule has 0 aliphatic carbocycles. The molecule has 0 aliphatic heterocycles. The summed E-state index contributed by atoms with van der Waals surface area (Å²) in [6.45, 7) is 0. The van der Waals surface area contributed by atoms with Crippen LogP contribution in [0.4, 0.5) is 10.1 Å². The lowest BCUT2D eigenvalue weighted by Gasteiger charge is -2.07. The first-order valence-corrected chi connectivity index (χ1v) is 7.88. The van der Waals surface area contributed by atoms with Crippen molar-refractivity contribution in [2.24, 2.45) is 0 Å². The number of anilines is 1. The second-order valence-electron chi connectivity index (χ2n) is 4.15. The highest BCUT2D eigenvalue weighted by molar-refractivity contribution is 9.10. The van der Waals surface area contributed by atoms with Crippen molar-refractivity contribution in [1.29, 1.82) is 0 Å². The minimum Gasteiger partial charge on any atom is -0.496 e. The summed E-state index contributed by atoms with van der Waals surface area (Å²) >= 11 is 3.36. The third-order valence-electron chi connectivity index (χ3n) is 2.72. The van der Waals surface area contributed by atoms with Crippen molar-refractivity contribution in [3.63, 3.8) is 0 Å². The minimum atomic E-state index is -1.46. The topological polar surface area (TPSA) is 52.3 Å². The van der Waals surface area contributed by atoms with Crippen LogP contribution < -0.4 is 10.5 Å². The summed E-state index contributed by atoms with van der Waals surface area (Å²) in [5.74, 6) is 0.373. The molecule has 1 unspecified atom stereocenters. The SMILES string of the molecule is COc1ccc(CS(=O)c2ccc(N)cc2F)cc1Br. The molecule has 0 radical (unpaired) electrons. The molecule has 0 bridgehead atoms. The fraction of sp³-hybridized carbons (Fsp3) is 0.143. The fourth-order valence-corrected chi connectivity index (χ4v) is 3.45. The zero-order chi connectivity index (χ0) is 14.7. The maximum Gasteiger partial charge on any atom is 0.141 e. The minimum absolute atomic E-state index is 0.158. The Morgan fingerprint density at radius 2 is 2.05 bits per heavy atom. The van der Waals surface area contributed by atoms with E-state index in [1.54, 1.807) is 25.3 Å². The zero-order valence-electron chi connectivity index (χ0n) is 10.7. The molecule has 3 nitrogen and oxygen atoms in total. The number of methoxy groups -OCH3 is 1. The summed E-state index contributed by atoms with van der Waals surface area (Å²) in [6.07, 6.45) is 0. The molecular formula is C14H13BrFNO2S. The Morgan fingerprint density at radius 3 is 2.65 bits per heavy atom. The summed E-state index contributed by atoms with van der Waals surface area (Å²) in [5.41, 5.74) is 6.61. The van der Waals surface area contributed by atoms with Crippen LogP contribution >= 0.6 is 15.9 Å². The van der Waals surface area contributed by atoms with Gasteiger partial charge in [0.25, 0.3) is 0 Å². The van der Waals surface area contributed by atoms with E-state index in [9.17, 15) is 8.60 Å². The molecule has 2 rings (SSSR count). The van der Waals surface area contributed by atoms with Crippen LogP contribution in [0.15, 0.2) is 45.8 Å². The van der Waals surface area contributed by atoms with Crippen LogP contribution in [-0.2, 0) is 16.6 Å². The molecule has 0 saturated heterocycles. The van der Waals surface area contributed by atoms with Gasteiger partial charge in [-0.1, -0.05) is 6.07 Å². The molecule has 2 N–H and O–H groups in total. The van der Waals surface area contributed by atoms with E-state index in [0.717, 1.165) is 10.0 Å². The highest BCUT2D eigenvalue weighted by Crippen LogP contribution is 2.27. The van der Waals surface area contributed by atoms with E-state index in [0.29, 0.717) is 11.4 Å². The molecule has 0 spiro atoms. The Balaban J connectivity index is 2.21. The molecule has 1 atom stereocenters. The van der Waals surface area contributed by atoms with Crippen molar-refractivity contribution in [2.75, 3.05) is 12.8 Å². The molecule has 0 amide bonds. The smallest absolute Gasteiger partial charge is 0.141 e. The maximum absolute atomic E-state index is 13.7. The van der Waals surface area contributed by atoms with Crippen molar-refractivity contribution < 1.29 is 13.3 Å². The molecule has 6 heteroatoms. The van der Waals surface area contributed by atoms with Gasteiger partial charge < -0.3 is 10.5 Å². The quantitative estimate of drug-likeness (QED) is 0.852. The van der Waals surface area contributed by atoms with E-state index in [1.165, 1.54) is 12.1 Å². The van der Waals surface area contributed by atoms with Crippen molar-refractivity contribution in [2.45, 2.75) is 10.6 Å². The highest BCUT2D eigenvalue weighted by Gasteiger charge is 2.12. The van der Waals surface area contributed by atoms with E-state index >= 15 is 0 Å². The summed E-state index contributed by atoms with van der Waals surface area (Å²) in [6, 6.07) is 9.56. The predicted molar refractivity (Wildman–Crippen MR) is 81.6 cm³/mol. The number of benzene rings is 2. The molecule has 0 heterocycles. The standard InChI is InChI=1S/C14H13BrFNO2S/c1-19-13-4-2-9(6-11(13)15)8-20(18)14-5-3-10(17)7-12(14)16/h2-7H,8,17H2,1H3. The van der Waals surface area contributed by atoms with Crippen molar-refractivity contribution in [3.8, 4) is 5.75 Å². The second kappa shape index (κ2) is 6.37. The Morgan fingerprint density at radius 1 is 1.30 bits per heavy atom. The summed E-state index contributed by atoms with van der Waals surface area (Å²) in [7, 11) is 0.108.